The molecule has 0 atom stereocenters. The van der Waals surface area contributed by atoms with Crippen molar-refractivity contribution in [3.05, 3.63) is 30.1 Å². The molecule has 19 heavy (non-hydrogen) atoms. The van der Waals surface area contributed by atoms with Gasteiger partial charge in [0.1, 0.15) is 5.69 Å². The number of methoxy groups -OCH3 is 1. The maximum absolute atomic E-state index is 12.8. The van der Waals surface area contributed by atoms with Gasteiger partial charge in [0.05, 0.1) is 31.0 Å². The van der Waals surface area contributed by atoms with Gasteiger partial charge in [-0.25, -0.2) is 28.5 Å². The number of carbonyl (C=O) groups excluding carboxylic acids is 1. The van der Waals surface area contributed by atoms with Crippen LogP contribution in [0.2, 0.25) is 0 Å². The molecule has 0 aliphatic rings. The Labute approximate surface area is 107 Å². The lowest BCUT2D eigenvalue weighted by Crippen LogP contribution is -2.11. The normalized spacial score (nSPS) is 10.8. The lowest BCUT2D eigenvalue weighted by Gasteiger charge is -2.07. The van der Waals surface area contributed by atoms with Crippen molar-refractivity contribution in [2.75, 3.05) is 7.11 Å². The summed E-state index contributed by atoms with van der Waals surface area (Å²) in [6, 6.07) is 1.12. The molecule has 8 heteroatoms. The summed E-state index contributed by atoms with van der Waals surface area (Å²) < 4.78 is 31.6. The highest BCUT2D eigenvalue weighted by molar-refractivity contribution is 5.85. The molecule has 0 radical (unpaired) electrons. The molecule has 0 amide bonds. The minimum absolute atomic E-state index is 0.186. The lowest BCUT2D eigenvalue weighted by atomic mass is 10.2. The molecule has 0 N–H and O–H groups in total. The number of aromatic nitrogens is 4. The molecule has 2 aromatic rings. The number of halogens is 2. The number of carbonyl (C=O) groups is 1. The van der Waals surface area contributed by atoms with Crippen molar-refractivity contribution in [1.82, 2.24) is 19.5 Å². The first kappa shape index (κ1) is 13.1. The van der Waals surface area contributed by atoms with Crippen LogP contribution in [0.1, 0.15) is 22.7 Å². The third kappa shape index (κ3) is 2.56. The summed E-state index contributed by atoms with van der Waals surface area (Å²) in [4.78, 5) is 22.6. The van der Waals surface area contributed by atoms with Crippen molar-refractivity contribution in [3.63, 3.8) is 0 Å². The van der Waals surface area contributed by atoms with Crippen LogP contribution < -0.4 is 0 Å². The highest BCUT2D eigenvalue weighted by atomic mass is 19.3. The second-order valence-corrected chi connectivity index (χ2v) is 3.68. The molecule has 0 aliphatic carbocycles. The number of ether oxygens (including phenoxy) is 1. The number of esters is 1. The molecular weight excluding hydrogens is 258 g/mol. The second kappa shape index (κ2) is 5.09. The fraction of sp³-hybridized carbons (Fsp3) is 0.273. The van der Waals surface area contributed by atoms with Gasteiger partial charge in [-0.2, -0.15) is 0 Å². The number of rotatable bonds is 3. The summed E-state index contributed by atoms with van der Waals surface area (Å²) >= 11 is 0. The molecule has 0 aliphatic heterocycles. The maximum Gasteiger partial charge on any atom is 0.376 e. The molecule has 0 fully saturated rings. The van der Waals surface area contributed by atoms with E-state index in [1.165, 1.54) is 12.5 Å². The van der Waals surface area contributed by atoms with Gasteiger partial charge in [0, 0.05) is 7.05 Å². The lowest BCUT2D eigenvalue weighted by molar-refractivity contribution is 0.0585. The first-order valence-electron chi connectivity index (χ1n) is 5.25. The standard InChI is InChI=1S/C11H10F2N4O2/c1-17-5-14-4-8(17)6-3-7(9(12)13)16-10(15-6)11(18)19-2/h3-5,9H,1-2H3. The van der Waals surface area contributed by atoms with Gasteiger partial charge in [-0.15, -0.1) is 0 Å². The van der Waals surface area contributed by atoms with Crippen LogP contribution in [0, 0.1) is 0 Å². The van der Waals surface area contributed by atoms with Gasteiger partial charge < -0.3 is 9.30 Å². The van der Waals surface area contributed by atoms with Gasteiger partial charge in [0.2, 0.25) is 5.82 Å². The number of aryl methyl sites for hydroxylation is 1. The van der Waals surface area contributed by atoms with E-state index >= 15 is 0 Å². The smallest absolute Gasteiger partial charge is 0.376 e. The van der Waals surface area contributed by atoms with E-state index in [0.717, 1.165) is 13.2 Å². The predicted molar refractivity (Wildman–Crippen MR) is 60.5 cm³/mol. The highest BCUT2D eigenvalue weighted by Gasteiger charge is 2.19. The minimum atomic E-state index is -2.81. The van der Waals surface area contributed by atoms with E-state index in [2.05, 4.69) is 19.7 Å². The quantitative estimate of drug-likeness (QED) is 0.791. The monoisotopic (exact) mass is 268 g/mol. The molecule has 2 heterocycles. The van der Waals surface area contributed by atoms with E-state index < -0.39 is 23.9 Å². The van der Waals surface area contributed by atoms with Crippen molar-refractivity contribution in [1.29, 1.82) is 0 Å². The Bertz CT molecular complexity index is 612. The molecule has 2 rings (SSSR count). The maximum atomic E-state index is 12.8. The number of hydrogen-bond acceptors (Lipinski definition) is 5. The largest absolute Gasteiger partial charge is 0.463 e. The molecule has 0 saturated carbocycles. The van der Waals surface area contributed by atoms with E-state index in [0.29, 0.717) is 5.69 Å². The fourth-order valence-corrected chi connectivity index (χ4v) is 1.50. The zero-order valence-electron chi connectivity index (χ0n) is 10.2. The van der Waals surface area contributed by atoms with Crippen LogP contribution in [0.25, 0.3) is 11.4 Å². The van der Waals surface area contributed by atoms with E-state index in [1.807, 2.05) is 0 Å². The van der Waals surface area contributed by atoms with Crippen molar-refractivity contribution in [3.8, 4) is 11.4 Å². The molecule has 0 bridgehead atoms. The van der Waals surface area contributed by atoms with Crippen molar-refractivity contribution < 1.29 is 18.3 Å². The van der Waals surface area contributed by atoms with Crippen molar-refractivity contribution in [2.45, 2.75) is 6.43 Å². The Morgan fingerprint density at radius 3 is 2.68 bits per heavy atom. The SMILES string of the molecule is COC(=O)c1nc(-c2cncn2C)cc(C(F)F)n1. The Kier molecular flexibility index (Phi) is 3.50. The van der Waals surface area contributed by atoms with Crippen molar-refractivity contribution in [2.24, 2.45) is 7.05 Å². The molecular formula is C11H10F2N4O2. The average Bonchev–Trinajstić information content (AvgIpc) is 2.83. The van der Waals surface area contributed by atoms with Gasteiger partial charge in [-0.05, 0) is 6.07 Å². The zero-order valence-corrected chi connectivity index (χ0v) is 10.2. The van der Waals surface area contributed by atoms with Crippen LogP contribution in [0.15, 0.2) is 18.6 Å². The number of imidazole rings is 1. The molecule has 0 saturated heterocycles. The number of nitrogens with zero attached hydrogens (tertiary/aromatic N) is 4. The van der Waals surface area contributed by atoms with Crippen LogP contribution in [0.5, 0.6) is 0 Å². The molecule has 0 unspecified atom stereocenters. The number of alkyl halides is 2. The Morgan fingerprint density at radius 1 is 1.42 bits per heavy atom. The van der Waals surface area contributed by atoms with Crippen LogP contribution in [-0.2, 0) is 11.8 Å². The van der Waals surface area contributed by atoms with Crippen LogP contribution in [0.3, 0.4) is 0 Å². The minimum Gasteiger partial charge on any atom is -0.463 e. The summed E-state index contributed by atoms with van der Waals surface area (Å²) in [6.07, 6.45) is 0.147. The number of hydrogen-bond donors (Lipinski definition) is 0. The third-order valence-corrected chi connectivity index (χ3v) is 2.42. The average molecular weight is 268 g/mol. The summed E-state index contributed by atoms with van der Waals surface area (Å²) in [5, 5.41) is 0. The Balaban J connectivity index is 2.58. The van der Waals surface area contributed by atoms with Gasteiger partial charge in [0.25, 0.3) is 6.43 Å². The van der Waals surface area contributed by atoms with Gasteiger partial charge >= 0.3 is 5.97 Å². The Hall–Kier alpha value is -2.38. The fourth-order valence-electron chi connectivity index (χ4n) is 1.50. The van der Waals surface area contributed by atoms with E-state index in [-0.39, 0.29) is 5.69 Å². The third-order valence-electron chi connectivity index (χ3n) is 2.42. The second-order valence-electron chi connectivity index (χ2n) is 3.68. The molecule has 6 nitrogen and oxygen atoms in total. The van der Waals surface area contributed by atoms with Crippen LogP contribution in [0.4, 0.5) is 8.78 Å². The molecule has 0 spiro atoms. The topological polar surface area (TPSA) is 69.9 Å². The van der Waals surface area contributed by atoms with Crippen molar-refractivity contribution >= 4 is 5.97 Å². The Morgan fingerprint density at radius 2 is 2.16 bits per heavy atom. The summed E-state index contributed by atoms with van der Waals surface area (Å²) in [5.74, 6) is -1.28. The summed E-state index contributed by atoms with van der Waals surface area (Å²) in [6.45, 7) is 0. The molecule has 2 aromatic heterocycles. The van der Waals surface area contributed by atoms with Crippen LogP contribution in [-0.4, -0.2) is 32.6 Å². The first-order valence-corrected chi connectivity index (χ1v) is 5.25. The van der Waals surface area contributed by atoms with E-state index in [4.69, 9.17) is 0 Å². The van der Waals surface area contributed by atoms with Gasteiger partial charge in [0.15, 0.2) is 0 Å². The van der Waals surface area contributed by atoms with Gasteiger partial charge in [-0.1, -0.05) is 0 Å². The van der Waals surface area contributed by atoms with Gasteiger partial charge in [-0.3, -0.25) is 0 Å². The molecule has 0 aromatic carbocycles. The predicted octanol–water partition coefficient (Wildman–Crippen LogP) is 1.60. The summed E-state index contributed by atoms with van der Waals surface area (Å²) in [5.41, 5.74) is 0.145. The molecule has 100 valence electrons. The van der Waals surface area contributed by atoms with E-state index in [1.54, 1.807) is 11.6 Å². The first-order chi connectivity index (χ1) is 9.02. The van der Waals surface area contributed by atoms with Crippen LogP contribution >= 0.6 is 0 Å². The highest BCUT2D eigenvalue weighted by Crippen LogP contribution is 2.22. The summed E-state index contributed by atoms with van der Waals surface area (Å²) in [7, 11) is 2.81. The zero-order chi connectivity index (χ0) is 14.0. The van der Waals surface area contributed by atoms with E-state index in [9.17, 15) is 13.6 Å².